The number of aromatic nitrogens is 1. The van der Waals surface area contributed by atoms with Crippen LogP contribution < -0.4 is 0 Å². The zero-order valence-corrected chi connectivity index (χ0v) is 10.8. The molecule has 0 aliphatic carbocycles. The van der Waals surface area contributed by atoms with Gasteiger partial charge in [0.2, 0.25) is 0 Å². The Morgan fingerprint density at radius 2 is 2.06 bits per heavy atom. The van der Waals surface area contributed by atoms with E-state index < -0.39 is 36.8 Å². The molecule has 0 atom stereocenters. The van der Waals surface area contributed by atoms with Gasteiger partial charge in [-0.3, -0.25) is 0 Å². The van der Waals surface area contributed by atoms with Crippen LogP contribution in [-0.4, -0.2) is 18.3 Å². The number of alkyl halides is 2. The Kier molecular flexibility index (Phi) is 3.99. The van der Waals surface area contributed by atoms with E-state index in [-0.39, 0.29) is 4.47 Å². The Morgan fingerprint density at radius 3 is 2.41 bits per heavy atom. The molecular formula is C6H2BrClF2N2O4S. The molecule has 0 aliphatic rings. The molecule has 11 heteroatoms. The predicted molar refractivity (Wildman–Crippen MR) is 56.6 cm³/mol. The maximum absolute atomic E-state index is 12.5. The molecule has 0 saturated heterocycles. The molecule has 94 valence electrons. The van der Waals surface area contributed by atoms with Gasteiger partial charge in [-0.2, -0.15) is 0 Å². The first-order valence-corrected chi connectivity index (χ1v) is 6.82. The maximum Gasteiger partial charge on any atom is 0.379 e. The summed E-state index contributed by atoms with van der Waals surface area (Å²) in [6, 6.07) is 0.602. The first-order chi connectivity index (χ1) is 7.64. The molecule has 1 aromatic heterocycles. The first-order valence-electron chi connectivity index (χ1n) is 3.72. The van der Waals surface area contributed by atoms with Gasteiger partial charge in [0.05, 0.1) is 5.56 Å². The Morgan fingerprint density at radius 1 is 1.53 bits per heavy atom. The van der Waals surface area contributed by atoms with Gasteiger partial charge in [-0.1, -0.05) is 0 Å². The van der Waals surface area contributed by atoms with Gasteiger partial charge in [-0.05, 0) is 31.9 Å². The number of nitrogens with zero attached hydrogens (tertiary/aromatic N) is 2. The monoisotopic (exact) mass is 350 g/mol. The molecule has 0 saturated carbocycles. The third-order valence-corrected chi connectivity index (χ3v) is 3.40. The lowest BCUT2D eigenvalue weighted by Gasteiger charge is -2.03. The summed E-state index contributed by atoms with van der Waals surface area (Å²) in [5.74, 6) is -0.909. The van der Waals surface area contributed by atoms with Crippen LogP contribution in [0.1, 0.15) is 12.0 Å². The Hall–Kier alpha value is -0.870. The zero-order valence-electron chi connectivity index (χ0n) is 7.60. The van der Waals surface area contributed by atoms with Crippen molar-refractivity contribution in [2.75, 3.05) is 0 Å². The van der Waals surface area contributed by atoms with Crippen molar-refractivity contribution >= 4 is 41.5 Å². The summed E-state index contributed by atoms with van der Waals surface area (Å²) in [7, 11) is 0.280. The average molecular weight is 352 g/mol. The fraction of sp³-hybridized carbons (Fsp3) is 0.167. The summed E-state index contributed by atoms with van der Waals surface area (Å²) in [5, 5.41) is 9.25. The summed E-state index contributed by atoms with van der Waals surface area (Å²) in [4.78, 5) is 12.5. The molecule has 0 radical (unpaired) electrons. The van der Waals surface area contributed by atoms with E-state index in [1.165, 1.54) is 0 Å². The van der Waals surface area contributed by atoms with E-state index in [1.807, 2.05) is 0 Å². The first kappa shape index (κ1) is 14.2. The zero-order chi connectivity index (χ0) is 13.4. The van der Waals surface area contributed by atoms with Crippen LogP contribution in [-0.2, 0) is 9.05 Å². The van der Waals surface area contributed by atoms with Gasteiger partial charge in [0, 0.05) is 10.7 Å². The van der Waals surface area contributed by atoms with E-state index in [2.05, 4.69) is 20.9 Å². The van der Waals surface area contributed by atoms with E-state index in [4.69, 9.17) is 10.7 Å². The molecule has 0 amide bonds. The standard InChI is InChI=1S/C6H2BrClF2N2O4S/c7-3-1-2(4(9)10)6(17(8,15)16)11-5(3)12(13)14/h1,4H. The lowest BCUT2D eigenvalue weighted by molar-refractivity contribution is -0.390. The summed E-state index contributed by atoms with van der Waals surface area (Å²) in [6.45, 7) is 0. The Bertz CT molecular complexity index is 580. The van der Waals surface area contributed by atoms with Crippen LogP contribution in [0, 0.1) is 10.1 Å². The molecule has 1 aromatic rings. The lowest BCUT2D eigenvalue weighted by atomic mass is 10.3. The van der Waals surface area contributed by atoms with Crippen LogP contribution in [0.5, 0.6) is 0 Å². The SMILES string of the molecule is O=[N+]([O-])c1nc(S(=O)(=O)Cl)c(C(F)F)cc1Br. The molecule has 0 fully saturated rings. The summed E-state index contributed by atoms with van der Waals surface area (Å²) < 4.78 is 46.6. The van der Waals surface area contributed by atoms with Crippen molar-refractivity contribution in [3.63, 3.8) is 0 Å². The van der Waals surface area contributed by atoms with Gasteiger partial charge in [-0.25, -0.2) is 17.2 Å². The smallest absolute Gasteiger partial charge is 0.358 e. The summed E-state index contributed by atoms with van der Waals surface area (Å²) >= 11 is 2.64. The number of nitro groups is 1. The molecule has 0 unspecified atom stereocenters. The maximum atomic E-state index is 12.5. The normalized spacial score (nSPS) is 11.8. The van der Waals surface area contributed by atoms with Gasteiger partial charge < -0.3 is 10.1 Å². The molecule has 0 bridgehead atoms. The fourth-order valence-electron chi connectivity index (χ4n) is 0.957. The minimum atomic E-state index is -4.60. The highest BCUT2D eigenvalue weighted by Crippen LogP contribution is 2.33. The highest BCUT2D eigenvalue weighted by Gasteiger charge is 2.32. The molecular weight excluding hydrogens is 349 g/mol. The Labute approximate surface area is 106 Å². The third-order valence-electron chi connectivity index (χ3n) is 1.59. The predicted octanol–water partition coefficient (Wildman–Crippen LogP) is 2.62. The number of rotatable bonds is 3. The number of pyridine rings is 1. The van der Waals surface area contributed by atoms with Crippen LogP contribution in [0.4, 0.5) is 14.6 Å². The van der Waals surface area contributed by atoms with E-state index in [1.54, 1.807) is 0 Å². The van der Waals surface area contributed by atoms with E-state index in [0.717, 1.165) is 0 Å². The van der Waals surface area contributed by atoms with Crippen LogP contribution in [0.2, 0.25) is 0 Å². The molecule has 0 N–H and O–H groups in total. The minimum Gasteiger partial charge on any atom is -0.358 e. The highest BCUT2D eigenvalue weighted by molar-refractivity contribution is 9.10. The molecule has 0 spiro atoms. The van der Waals surface area contributed by atoms with Gasteiger partial charge in [0.15, 0.2) is 0 Å². The van der Waals surface area contributed by atoms with Gasteiger partial charge in [0.25, 0.3) is 11.5 Å². The van der Waals surface area contributed by atoms with Gasteiger partial charge in [0.1, 0.15) is 4.47 Å². The topological polar surface area (TPSA) is 90.2 Å². The molecule has 0 aliphatic heterocycles. The van der Waals surface area contributed by atoms with Crippen molar-refractivity contribution in [1.29, 1.82) is 0 Å². The lowest BCUT2D eigenvalue weighted by Crippen LogP contribution is -2.05. The molecule has 1 heterocycles. The van der Waals surface area contributed by atoms with Crippen molar-refractivity contribution < 1.29 is 22.1 Å². The third kappa shape index (κ3) is 3.07. The van der Waals surface area contributed by atoms with Gasteiger partial charge >= 0.3 is 14.9 Å². The number of hydrogen-bond donors (Lipinski definition) is 0. The van der Waals surface area contributed by atoms with E-state index in [9.17, 15) is 27.3 Å². The quantitative estimate of drug-likeness (QED) is 0.474. The molecule has 0 aromatic carbocycles. The summed E-state index contributed by atoms with van der Waals surface area (Å²) in [6.07, 6.45) is -3.18. The van der Waals surface area contributed by atoms with Crippen molar-refractivity contribution in [2.45, 2.75) is 11.5 Å². The van der Waals surface area contributed by atoms with Crippen molar-refractivity contribution in [2.24, 2.45) is 0 Å². The van der Waals surface area contributed by atoms with Crippen molar-refractivity contribution in [1.82, 2.24) is 4.98 Å². The number of hydrogen-bond acceptors (Lipinski definition) is 5. The average Bonchev–Trinajstić information content (AvgIpc) is 2.14. The van der Waals surface area contributed by atoms with Crippen molar-refractivity contribution in [3.05, 3.63) is 26.2 Å². The van der Waals surface area contributed by atoms with E-state index in [0.29, 0.717) is 6.07 Å². The number of halogens is 4. The van der Waals surface area contributed by atoms with Crippen LogP contribution in [0.3, 0.4) is 0 Å². The highest BCUT2D eigenvalue weighted by atomic mass is 79.9. The molecule has 17 heavy (non-hydrogen) atoms. The van der Waals surface area contributed by atoms with Crippen LogP contribution in [0.25, 0.3) is 0 Å². The van der Waals surface area contributed by atoms with Crippen LogP contribution >= 0.6 is 26.6 Å². The van der Waals surface area contributed by atoms with Crippen LogP contribution in [0.15, 0.2) is 15.6 Å². The van der Waals surface area contributed by atoms with Crippen molar-refractivity contribution in [3.8, 4) is 0 Å². The second-order valence-electron chi connectivity index (χ2n) is 2.68. The fourth-order valence-corrected chi connectivity index (χ4v) is 2.43. The second-order valence-corrected chi connectivity index (χ2v) is 6.02. The largest absolute Gasteiger partial charge is 0.379 e. The van der Waals surface area contributed by atoms with Gasteiger partial charge in [-0.15, -0.1) is 0 Å². The molecule has 1 rings (SSSR count). The molecule has 6 nitrogen and oxygen atoms in total. The minimum absolute atomic E-state index is 0.359. The second kappa shape index (κ2) is 4.78. The summed E-state index contributed by atoms with van der Waals surface area (Å²) in [5.41, 5.74) is -1.00. The van der Waals surface area contributed by atoms with E-state index >= 15 is 0 Å². The Balaban J connectivity index is 3.66.